The number of halogens is 2. The number of alkyl halides is 1. The average molecular weight is 297 g/mol. The van der Waals surface area contributed by atoms with Gasteiger partial charge in [-0.2, -0.15) is 0 Å². The average Bonchev–Trinajstić information content (AvgIpc) is 2.45. The molecule has 1 nitrogen and oxygen atoms in total. The second-order valence-electron chi connectivity index (χ2n) is 4.54. The van der Waals surface area contributed by atoms with Gasteiger partial charge in [0.05, 0.1) is 6.61 Å². The van der Waals surface area contributed by atoms with Crippen LogP contribution in [0.4, 0.5) is 0 Å². The van der Waals surface area contributed by atoms with Crippen LogP contribution in [-0.2, 0) is 0 Å². The Kier molecular flexibility index (Phi) is 5.81. The van der Waals surface area contributed by atoms with E-state index in [0.717, 1.165) is 53.3 Å². The summed E-state index contributed by atoms with van der Waals surface area (Å²) in [5, 5.41) is 2.89. The molecule has 0 fully saturated rings. The van der Waals surface area contributed by atoms with Crippen LogP contribution in [0, 0.1) is 0 Å². The first-order valence-corrected chi connectivity index (χ1v) is 7.60. The fourth-order valence-corrected chi connectivity index (χ4v) is 2.51. The van der Waals surface area contributed by atoms with Gasteiger partial charge in [0.25, 0.3) is 0 Å². The highest BCUT2D eigenvalue weighted by Crippen LogP contribution is 2.31. The van der Waals surface area contributed by atoms with Crippen LogP contribution in [0.3, 0.4) is 0 Å². The van der Waals surface area contributed by atoms with E-state index < -0.39 is 0 Å². The number of hydrogen-bond acceptors (Lipinski definition) is 1. The molecular formula is C16H18Cl2O. The molecule has 0 heterocycles. The Morgan fingerprint density at radius 1 is 0.842 bits per heavy atom. The Labute approximate surface area is 124 Å². The molecule has 0 bridgehead atoms. The van der Waals surface area contributed by atoms with Gasteiger partial charge in [-0.15, -0.1) is 11.6 Å². The molecule has 0 saturated carbocycles. The summed E-state index contributed by atoms with van der Waals surface area (Å²) in [6.07, 6.45) is 4.49. The van der Waals surface area contributed by atoms with Crippen molar-refractivity contribution in [3.8, 4) is 5.75 Å². The summed E-state index contributed by atoms with van der Waals surface area (Å²) < 4.78 is 5.86. The van der Waals surface area contributed by atoms with E-state index >= 15 is 0 Å². The second-order valence-corrected chi connectivity index (χ2v) is 5.33. The monoisotopic (exact) mass is 296 g/mol. The maximum atomic E-state index is 6.18. The van der Waals surface area contributed by atoms with Crippen molar-refractivity contribution < 1.29 is 4.74 Å². The van der Waals surface area contributed by atoms with Gasteiger partial charge in [-0.3, -0.25) is 0 Å². The first-order chi connectivity index (χ1) is 9.33. The molecule has 3 heteroatoms. The van der Waals surface area contributed by atoms with Gasteiger partial charge in [-0.1, -0.05) is 48.7 Å². The minimum absolute atomic E-state index is 0.744. The van der Waals surface area contributed by atoms with Gasteiger partial charge in [0, 0.05) is 21.7 Å². The summed E-state index contributed by atoms with van der Waals surface area (Å²) in [5.41, 5.74) is 0. The van der Waals surface area contributed by atoms with E-state index in [4.69, 9.17) is 27.9 Å². The highest BCUT2D eigenvalue weighted by atomic mass is 35.5. The first-order valence-electron chi connectivity index (χ1n) is 6.69. The van der Waals surface area contributed by atoms with E-state index in [0.29, 0.717) is 0 Å². The molecule has 0 amide bonds. The molecule has 19 heavy (non-hydrogen) atoms. The minimum Gasteiger partial charge on any atom is -0.493 e. The molecule has 2 aromatic rings. The predicted octanol–water partition coefficient (Wildman–Crippen LogP) is 5.67. The molecule has 102 valence electrons. The SMILES string of the molecule is ClCCCCCCOc1ccc(Cl)c2ccccc12. The topological polar surface area (TPSA) is 9.23 Å². The maximum absolute atomic E-state index is 6.18. The zero-order chi connectivity index (χ0) is 13.5. The lowest BCUT2D eigenvalue weighted by molar-refractivity contribution is 0.308. The Morgan fingerprint density at radius 3 is 2.37 bits per heavy atom. The summed E-state index contributed by atoms with van der Waals surface area (Å²) in [4.78, 5) is 0. The molecule has 0 atom stereocenters. The normalized spacial score (nSPS) is 10.8. The summed E-state index contributed by atoms with van der Waals surface area (Å²) >= 11 is 11.8. The number of hydrogen-bond donors (Lipinski definition) is 0. The molecule has 0 aromatic heterocycles. The van der Waals surface area contributed by atoms with Crippen molar-refractivity contribution in [2.75, 3.05) is 12.5 Å². The molecule has 0 spiro atoms. The van der Waals surface area contributed by atoms with Gasteiger partial charge in [0.1, 0.15) is 5.75 Å². The van der Waals surface area contributed by atoms with Gasteiger partial charge in [0.15, 0.2) is 0 Å². The second kappa shape index (κ2) is 7.62. The van der Waals surface area contributed by atoms with Gasteiger partial charge < -0.3 is 4.74 Å². The molecule has 0 radical (unpaired) electrons. The Morgan fingerprint density at radius 2 is 1.58 bits per heavy atom. The van der Waals surface area contributed by atoms with Crippen molar-refractivity contribution in [3.05, 3.63) is 41.4 Å². The van der Waals surface area contributed by atoms with E-state index in [-0.39, 0.29) is 0 Å². The van der Waals surface area contributed by atoms with Crippen molar-refractivity contribution in [2.45, 2.75) is 25.7 Å². The van der Waals surface area contributed by atoms with E-state index in [1.807, 2.05) is 36.4 Å². The molecule has 0 aliphatic rings. The number of rotatable bonds is 7. The highest BCUT2D eigenvalue weighted by Gasteiger charge is 2.04. The fraction of sp³-hybridized carbons (Fsp3) is 0.375. The third-order valence-corrected chi connectivity index (χ3v) is 3.71. The van der Waals surface area contributed by atoms with Crippen LogP contribution < -0.4 is 4.74 Å². The molecule has 0 aliphatic carbocycles. The molecule has 2 rings (SSSR count). The van der Waals surface area contributed by atoms with Crippen LogP contribution in [0.1, 0.15) is 25.7 Å². The summed E-state index contributed by atoms with van der Waals surface area (Å²) in [5.74, 6) is 1.67. The lowest BCUT2D eigenvalue weighted by atomic mass is 10.1. The van der Waals surface area contributed by atoms with Gasteiger partial charge in [-0.25, -0.2) is 0 Å². The zero-order valence-electron chi connectivity index (χ0n) is 10.9. The van der Waals surface area contributed by atoms with Gasteiger partial charge >= 0.3 is 0 Å². The molecule has 0 aliphatic heterocycles. The highest BCUT2D eigenvalue weighted by molar-refractivity contribution is 6.35. The molecular weight excluding hydrogens is 279 g/mol. The maximum Gasteiger partial charge on any atom is 0.127 e. The van der Waals surface area contributed by atoms with Crippen LogP contribution >= 0.6 is 23.2 Å². The Bertz CT molecular complexity index is 525. The molecule has 0 saturated heterocycles. The van der Waals surface area contributed by atoms with Crippen LogP contribution in [0.25, 0.3) is 10.8 Å². The van der Waals surface area contributed by atoms with Gasteiger partial charge in [0.2, 0.25) is 0 Å². The number of ether oxygens (including phenoxy) is 1. The smallest absolute Gasteiger partial charge is 0.127 e. The van der Waals surface area contributed by atoms with Gasteiger partial charge in [-0.05, 0) is 25.0 Å². The van der Waals surface area contributed by atoms with Crippen molar-refractivity contribution in [2.24, 2.45) is 0 Å². The third-order valence-electron chi connectivity index (χ3n) is 3.12. The number of benzene rings is 2. The summed E-state index contributed by atoms with van der Waals surface area (Å²) in [6.45, 7) is 0.744. The lowest BCUT2D eigenvalue weighted by Gasteiger charge is -2.10. The quantitative estimate of drug-likeness (QED) is 0.472. The van der Waals surface area contributed by atoms with E-state index in [9.17, 15) is 0 Å². The predicted molar refractivity (Wildman–Crippen MR) is 83.6 cm³/mol. The summed E-state index contributed by atoms with van der Waals surface area (Å²) in [6, 6.07) is 11.9. The first kappa shape index (κ1) is 14.5. The van der Waals surface area contributed by atoms with Crippen LogP contribution in [0.15, 0.2) is 36.4 Å². The van der Waals surface area contributed by atoms with Crippen molar-refractivity contribution in [1.82, 2.24) is 0 Å². The van der Waals surface area contributed by atoms with E-state index in [1.54, 1.807) is 0 Å². The number of fused-ring (bicyclic) bond motifs is 1. The van der Waals surface area contributed by atoms with Crippen molar-refractivity contribution in [1.29, 1.82) is 0 Å². The standard InChI is InChI=1S/C16H18Cl2O/c17-11-5-1-2-6-12-19-16-10-9-15(18)13-7-3-4-8-14(13)16/h3-4,7-10H,1-2,5-6,11-12H2. The van der Waals surface area contributed by atoms with Crippen LogP contribution in [0.5, 0.6) is 5.75 Å². The Balaban J connectivity index is 1.96. The van der Waals surface area contributed by atoms with E-state index in [2.05, 4.69) is 0 Å². The minimum atomic E-state index is 0.744. The lowest BCUT2D eigenvalue weighted by Crippen LogP contribution is -1.98. The molecule has 0 N–H and O–H groups in total. The number of unbranched alkanes of at least 4 members (excludes halogenated alkanes) is 3. The Hall–Kier alpha value is -0.920. The van der Waals surface area contributed by atoms with E-state index in [1.165, 1.54) is 6.42 Å². The van der Waals surface area contributed by atoms with Crippen LogP contribution in [0.2, 0.25) is 5.02 Å². The molecule has 2 aromatic carbocycles. The fourth-order valence-electron chi connectivity index (χ4n) is 2.09. The van der Waals surface area contributed by atoms with Crippen molar-refractivity contribution in [3.63, 3.8) is 0 Å². The third kappa shape index (κ3) is 4.02. The molecule has 0 unspecified atom stereocenters. The van der Waals surface area contributed by atoms with Crippen LogP contribution in [-0.4, -0.2) is 12.5 Å². The zero-order valence-corrected chi connectivity index (χ0v) is 12.4. The largest absolute Gasteiger partial charge is 0.493 e. The van der Waals surface area contributed by atoms with Crippen molar-refractivity contribution >= 4 is 34.0 Å². The summed E-state index contributed by atoms with van der Waals surface area (Å²) in [7, 11) is 0.